The van der Waals surface area contributed by atoms with Crippen molar-refractivity contribution in [1.29, 1.82) is 0 Å². The number of hydrogen-bond donors (Lipinski definition) is 0. The van der Waals surface area contributed by atoms with Crippen LogP contribution in [0.2, 0.25) is 0 Å². The number of allylic oxidation sites excluding steroid dienone is 4. The Kier molecular flexibility index (Phi) is 4.69. The van der Waals surface area contributed by atoms with Gasteiger partial charge in [0.05, 0.1) is 0 Å². The molecule has 0 aromatic carbocycles. The van der Waals surface area contributed by atoms with Crippen LogP contribution in [0.4, 0.5) is 5.82 Å². The number of aliphatic imine (C=N–C) groups is 1. The van der Waals surface area contributed by atoms with Crippen LogP contribution in [0.1, 0.15) is 19.3 Å². The molecule has 108 valence electrons. The fourth-order valence-corrected chi connectivity index (χ4v) is 2.59. The number of nitrogens with zero attached hydrogens (tertiary/aromatic N) is 2. The van der Waals surface area contributed by atoms with E-state index < -0.39 is 0 Å². The van der Waals surface area contributed by atoms with Crippen molar-refractivity contribution in [1.82, 2.24) is 4.98 Å². The third-order valence-electron chi connectivity index (χ3n) is 3.12. The maximum atomic E-state index is 5.81. The summed E-state index contributed by atoms with van der Waals surface area (Å²) in [5, 5.41) is 0. The molecule has 1 aliphatic carbocycles. The molecule has 0 saturated carbocycles. The van der Waals surface area contributed by atoms with E-state index in [9.17, 15) is 0 Å². The van der Waals surface area contributed by atoms with Gasteiger partial charge in [0.15, 0.2) is 12.4 Å². The summed E-state index contributed by atoms with van der Waals surface area (Å²) in [4.78, 5) is 8.61. The molecule has 21 heavy (non-hydrogen) atoms. The summed E-state index contributed by atoms with van der Waals surface area (Å²) >= 11 is 2.23. The summed E-state index contributed by atoms with van der Waals surface area (Å²) in [6.07, 6.45) is 12.7. The minimum atomic E-state index is 0.343. The Morgan fingerprint density at radius 2 is 2.33 bits per heavy atom. The lowest BCUT2D eigenvalue weighted by Crippen LogP contribution is -2.17. The largest absolute Gasteiger partial charge is 0.488 e. The van der Waals surface area contributed by atoms with Crippen LogP contribution in [0, 0.1) is 3.57 Å². The van der Waals surface area contributed by atoms with Gasteiger partial charge in [0, 0.05) is 16.2 Å². The van der Waals surface area contributed by atoms with Crippen molar-refractivity contribution in [3.8, 4) is 0 Å². The zero-order valence-electron chi connectivity index (χ0n) is 11.5. The summed E-state index contributed by atoms with van der Waals surface area (Å²) in [5.74, 6) is 1.99. The molecule has 0 bridgehead atoms. The second-order valence-electron chi connectivity index (χ2n) is 4.80. The van der Waals surface area contributed by atoms with E-state index in [1.807, 2.05) is 12.1 Å². The molecule has 5 heteroatoms. The van der Waals surface area contributed by atoms with Crippen LogP contribution in [0.5, 0.6) is 0 Å². The van der Waals surface area contributed by atoms with Crippen LogP contribution in [-0.4, -0.2) is 17.5 Å². The predicted octanol–water partition coefficient (Wildman–Crippen LogP) is 4.27. The number of aromatic nitrogens is 1. The fraction of sp³-hybridized carbons (Fsp3) is 0.250. The standard InChI is InChI=1S/C16H15IN2O2/c17-13-6-7-18-15(9-13)19-16-11-20-10-14(21-16)8-12-4-2-1-3-5-12/h1-2,4,6-7,9-10H,3,5,8,11H2. The van der Waals surface area contributed by atoms with Gasteiger partial charge >= 0.3 is 0 Å². The first kappa shape index (κ1) is 14.3. The van der Waals surface area contributed by atoms with E-state index >= 15 is 0 Å². The summed E-state index contributed by atoms with van der Waals surface area (Å²) in [5.41, 5.74) is 1.35. The molecule has 0 N–H and O–H groups in total. The number of pyridine rings is 1. The Labute approximate surface area is 137 Å². The van der Waals surface area contributed by atoms with Gasteiger partial charge in [0.25, 0.3) is 0 Å². The van der Waals surface area contributed by atoms with Gasteiger partial charge in [-0.15, -0.1) is 0 Å². The van der Waals surface area contributed by atoms with Crippen LogP contribution in [0.15, 0.2) is 59.1 Å². The van der Waals surface area contributed by atoms with Crippen LogP contribution >= 0.6 is 22.6 Å². The molecule has 0 spiro atoms. The highest BCUT2D eigenvalue weighted by atomic mass is 127. The van der Waals surface area contributed by atoms with E-state index in [4.69, 9.17) is 9.47 Å². The van der Waals surface area contributed by atoms with E-state index in [1.54, 1.807) is 12.5 Å². The molecule has 1 aliphatic heterocycles. The lowest BCUT2D eigenvalue weighted by molar-refractivity contribution is 0.211. The van der Waals surface area contributed by atoms with Gasteiger partial charge in [-0.05, 0) is 47.6 Å². The topological polar surface area (TPSA) is 43.7 Å². The van der Waals surface area contributed by atoms with Crippen molar-refractivity contribution in [2.75, 3.05) is 6.61 Å². The Balaban J connectivity index is 1.68. The molecule has 0 radical (unpaired) electrons. The van der Waals surface area contributed by atoms with Gasteiger partial charge in [-0.2, -0.15) is 4.99 Å². The van der Waals surface area contributed by atoms with Crippen molar-refractivity contribution >= 4 is 34.3 Å². The molecule has 0 atom stereocenters. The van der Waals surface area contributed by atoms with Gasteiger partial charge in [-0.25, -0.2) is 4.98 Å². The highest BCUT2D eigenvalue weighted by Gasteiger charge is 2.15. The second kappa shape index (κ2) is 6.89. The maximum absolute atomic E-state index is 5.81. The number of halogens is 1. The second-order valence-corrected chi connectivity index (χ2v) is 6.05. The molecule has 1 aromatic rings. The minimum Gasteiger partial charge on any atom is -0.488 e. The molecule has 4 nitrogen and oxygen atoms in total. The highest BCUT2D eigenvalue weighted by molar-refractivity contribution is 14.1. The van der Waals surface area contributed by atoms with E-state index in [1.165, 1.54) is 5.57 Å². The van der Waals surface area contributed by atoms with Gasteiger partial charge in [0.1, 0.15) is 12.0 Å². The molecular formula is C16H15IN2O2. The minimum absolute atomic E-state index is 0.343. The van der Waals surface area contributed by atoms with Crippen molar-refractivity contribution < 1.29 is 9.47 Å². The van der Waals surface area contributed by atoms with Crippen LogP contribution in [0.25, 0.3) is 0 Å². The van der Waals surface area contributed by atoms with Crippen LogP contribution < -0.4 is 0 Å². The lowest BCUT2D eigenvalue weighted by atomic mass is 10.0. The van der Waals surface area contributed by atoms with Crippen LogP contribution in [-0.2, 0) is 9.47 Å². The van der Waals surface area contributed by atoms with Crippen molar-refractivity contribution in [3.05, 3.63) is 57.7 Å². The molecule has 0 fully saturated rings. The third kappa shape index (κ3) is 4.17. The predicted molar refractivity (Wildman–Crippen MR) is 90.2 cm³/mol. The zero-order valence-corrected chi connectivity index (χ0v) is 13.6. The highest BCUT2D eigenvalue weighted by Crippen LogP contribution is 2.23. The molecule has 0 amide bonds. The smallest absolute Gasteiger partial charge is 0.234 e. The molecule has 0 saturated heterocycles. The van der Waals surface area contributed by atoms with Gasteiger partial charge in [0.2, 0.25) is 5.90 Å². The fourth-order valence-electron chi connectivity index (χ4n) is 2.15. The average molecular weight is 394 g/mol. The first-order valence-corrected chi connectivity index (χ1v) is 7.90. The van der Waals surface area contributed by atoms with Gasteiger partial charge in [-0.1, -0.05) is 23.8 Å². The number of ether oxygens (including phenoxy) is 2. The third-order valence-corrected chi connectivity index (χ3v) is 3.79. The summed E-state index contributed by atoms with van der Waals surface area (Å²) in [7, 11) is 0. The van der Waals surface area contributed by atoms with E-state index in [-0.39, 0.29) is 0 Å². The Bertz CT molecular complexity index is 647. The molecule has 2 aliphatic rings. The van der Waals surface area contributed by atoms with E-state index in [0.717, 1.165) is 28.6 Å². The molecule has 3 rings (SSSR count). The Morgan fingerprint density at radius 3 is 3.14 bits per heavy atom. The lowest BCUT2D eigenvalue weighted by Gasteiger charge is -2.18. The van der Waals surface area contributed by atoms with Gasteiger partial charge in [-0.3, -0.25) is 0 Å². The maximum Gasteiger partial charge on any atom is 0.234 e. The number of rotatable bonds is 3. The summed E-state index contributed by atoms with van der Waals surface area (Å²) < 4.78 is 12.3. The molecular weight excluding hydrogens is 379 g/mol. The van der Waals surface area contributed by atoms with Crippen molar-refractivity contribution in [3.63, 3.8) is 0 Å². The van der Waals surface area contributed by atoms with Crippen molar-refractivity contribution in [2.45, 2.75) is 19.3 Å². The van der Waals surface area contributed by atoms with E-state index in [0.29, 0.717) is 18.3 Å². The summed E-state index contributed by atoms with van der Waals surface area (Å²) in [6.45, 7) is 0.343. The van der Waals surface area contributed by atoms with Crippen LogP contribution in [0.3, 0.4) is 0 Å². The normalized spacial score (nSPS) is 19.6. The average Bonchev–Trinajstić information content (AvgIpc) is 2.49. The monoisotopic (exact) mass is 394 g/mol. The SMILES string of the molecule is Ic1ccnc(N=C2COC=C(CC3=CC=CCC3)O2)c1. The number of hydrogen-bond acceptors (Lipinski definition) is 4. The summed E-state index contributed by atoms with van der Waals surface area (Å²) in [6, 6.07) is 3.83. The molecule has 0 unspecified atom stereocenters. The molecule has 2 heterocycles. The Morgan fingerprint density at radius 1 is 1.38 bits per heavy atom. The molecule has 1 aromatic heterocycles. The first-order chi connectivity index (χ1) is 10.3. The zero-order chi connectivity index (χ0) is 14.5. The van der Waals surface area contributed by atoms with E-state index in [2.05, 4.69) is 50.8 Å². The van der Waals surface area contributed by atoms with Gasteiger partial charge < -0.3 is 9.47 Å². The van der Waals surface area contributed by atoms with Crippen molar-refractivity contribution in [2.24, 2.45) is 4.99 Å². The first-order valence-electron chi connectivity index (χ1n) is 6.82. The quantitative estimate of drug-likeness (QED) is 0.720. The Hall–Kier alpha value is -1.63.